The number of sulfonamides is 1. The molecule has 1 aliphatic heterocycles. The van der Waals surface area contributed by atoms with Crippen LogP contribution in [0.25, 0.3) is 10.8 Å². The van der Waals surface area contributed by atoms with E-state index in [4.69, 9.17) is 5.21 Å². The van der Waals surface area contributed by atoms with Crippen molar-refractivity contribution in [3.63, 3.8) is 0 Å². The van der Waals surface area contributed by atoms with Crippen LogP contribution in [0.15, 0.2) is 42.5 Å². The van der Waals surface area contributed by atoms with Gasteiger partial charge in [-0.25, -0.2) is 14.3 Å². The molecule has 0 amide bonds. The summed E-state index contributed by atoms with van der Waals surface area (Å²) in [7, 11) is -3.65. The van der Waals surface area contributed by atoms with E-state index in [1.54, 1.807) is 6.07 Å². The summed E-state index contributed by atoms with van der Waals surface area (Å²) in [4.78, 5) is 11.3. The van der Waals surface area contributed by atoms with Crippen molar-refractivity contribution in [3.05, 3.63) is 48.0 Å². The molecular weight excluding hydrogens is 344 g/mol. The standard InChI is InChI=1S/C17H19NO4S.H3NO/c19-17(20)16-7-3-4-10-18(16)23(21,22)12-13-8-9-14-5-1-2-6-15(14)11-13;1-2/h1-2,5-6,8-9,11,16H,3-4,7,10,12H2,(H,19,20);2H,1H2/t16-;/m1./s1. The Kier molecular flexibility index (Phi) is 6.49. The van der Waals surface area contributed by atoms with Gasteiger partial charge in [-0.05, 0) is 35.6 Å². The molecule has 4 N–H and O–H groups in total. The Morgan fingerprint density at radius 3 is 2.48 bits per heavy atom. The van der Waals surface area contributed by atoms with Gasteiger partial charge in [0, 0.05) is 6.54 Å². The zero-order valence-electron chi connectivity index (χ0n) is 13.7. The second-order valence-electron chi connectivity index (χ2n) is 5.90. The predicted molar refractivity (Wildman–Crippen MR) is 94.5 cm³/mol. The number of carboxylic acids is 1. The van der Waals surface area contributed by atoms with Crippen molar-refractivity contribution in [3.8, 4) is 0 Å². The first kappa shape index (κ1) is 19.3. The third-order valence-corrected chi connectivity index (χ3v) is 6.11. The van der Waals surface area contributed by atoms with Gasteiger partial charge in [-0.1, -0.05) is 42.5 Å². The molecule has 0 unspecified atom stereocenters. The fraction of sp³-hybridized carbons (Fsp3) is 0.353. The first-order valence-electron chi connectivity index (χ1n) is 7.93. The lowest BCUT2D eigenvalue weighted by Gasteiger charge is -2.31. The van der Waals surface area contributed by atoms with Gasteiger partial charge < -0.3 is 10.3 Å². The third-order valence-electron chi connectivity index (χ3n) is 4.26. The van der Waals surface area contributed by atoms with E-state index < -0.39 is 22.0 Å². The summed E-state index contributed by atoms with van der Waals surface area (Å²) in [5.74, 6) is 2.27. The van der Waals surface area contributed by atoms with Crippen LogP contribution >= 0.6 is 0 Å². The highest BCUT2D eigenvalue weighted by Gasteiger charge is 2.36. The molecule has 1 fully saturated rings. The molecule has 0 radical (unpaired) electrons. The average Bonchev–Trinajstić information content (AvgIpc) is 2.63. The van der Waals surface area contributed by atoms with E-state index in [-0.39, 0.29) is 12.3 Å². The van der Waals surface area contributed by atoms with Crippen molar-refractivity contribution in [1.29, 1.82) is 0 Å². The van der Waals surface area contributed by atoms with Gasteiger partial charge in [-0.15, -0.1) is 0 Å². The minimum atomic E-state index is -3.65. The Labute approximate surface area is 146 Å². The summed E-state index contributed by atoms with van der Waals surface area (Å²) in [6.07, 6.45) is 1.84. The van der Waals surface area contributed by atoms with E-state index in [9.17, 15) is 18.3 Å². The van der Waals surface area contributed by atoms with Crippen LogP contribution in [0.2, 0.25) is 0 Å². The second kappa shape index (κ2) is 8.39. The highest BCUT2D eigenvalue weighted by Crippen LogP contribution is 2.24. The number of carbonyl (C=O) groups is 1. The van der Waals surface area contributed by atoms with E-state index >= 15 is 0 Å². The Bertz CT molecular complexity index is 838. The highest BCUT2D eigenvalue weighted by molar-refractivity contribution is 7.88. The smallest absolute Gasteiger partial charge is 0.322 e. The van der Waals surface area contributed by atoms with Crippen molar-refractivity contribution in [2.24, 2.45) is 5.90 Å². The number of benzene rings is 2. The maximum absolute atomic E-state index is 12.7. The lowest BCUT2D eigenvalue weighted by molar-refractivity contribution is -0.142. The summed E-state index contributed by atoms with van der Waals surface area (Å²) in [6, 6.07) is 12.4. The molecule has 0 aliphatic carbocycles. The van der Waals surface area contributed by atoms with Crippen LogP contribution in [-0.2, 0) is 20.6 Å². The van der Waals surface area contributed by atoms with Gasteiger partial charge in [0.1, 0.15) is 6.04 Å². The number of carboxylic acid groups (broad SMARTS) is 1. The van der Waals surface area contributed by atoms with Gasteiger partial charge in [0.25, 0.3) is 0 Å². The summed E-state index contributed by atoms with van der Waals surface area (Å²) < 4.78 is 26.5. The first-order valence-corrected chi connectivity index (χ1v) is 9.54. The van der Waals surface area contributed by atoms with Gasteiger partial charge in [-0.3, -0.25) is 4.79 Å². The fourth-order valence-electron chi connectivity index (χ4n) is 3.11. The largest absolute Gasteiger partial charge is 0.480 e. The predicted octanol–water partition coefficient (Wildman–Crippen LogP) is 1.94. The van der Waals surface area contributed by atoms with Crippen LogP contribution in [0, 0.1) is 0 Å². The third kappa shape index (κ3) is 4.55. The van der Waals surface area contributed by atoms with Crippen LogP contribution in [-0.4, -0.2) is 41.6 Å². The molecule has 0 aromatic heterocycles. The van der Waals surface area contributed by atoms with E-state index in [0.29, 0.717) is 18.4 Å². The van der Waals surface area contributed by atoms with Crippen molar-refractivity contribution in [2.45, 2.75) is 31.1 Å². The molecule has 1 atom stereocenters. The quantitative estimate of drug-likeness (QED) is 0.711. The van der Waals surface area contributed by atoms with Crippen molar-refractivity contribution in [2.75, 3.05) is 6.54 Å². The molecule has 1 aliphatic rings. The Balaban J connectivity index is 0.00000109. The number of piperidine rings is 1. The van der Waals surface area contributed by atoms with Crippen LogP contribution < -0.4 is 5.90 Å². The van der Waals surface area contributed by atoms with E-state index in [1.807, 2.05) is 36.4 Å². The van der Waals surface area contributed by atoms with E-state index in [1.165, 1.54) is 0 Å². The molecule has 1 heterocycles. The van der Waals surface area contributed by atoms with Crippen LogP contribution in [0.1, 0.15) is 24.8 Å². The maximum atomic E-state index is 12.7. The summed E-state index contributed by atoms with van der Waals surface area (Å²) in [5.41, 5.74) is 0.679. The minimum absolute atomic E-state index is 0.165. The normalized spacial score (nSPS) is 18.4. The Hall–Kier alpha value is -2.00. The molecule has 3 rings (SSSR count). The van der Waals surface area contributed by atoms with Gasteiger partial charge in [-0.2, -0.15) is 4.31 Å². The Morgan fingerprint density at radius 2 is 1.80 bits per heavy atom. The minimum Gasteiger partial charge on any atom is -0.480 e. The average molecular weight is 366 g/mol. The van der Waals surface area contributed by atoms with Gasteiger partial charge >= 0.3 is 5.97 Å². The molecule has 2 aromatic carbocycles. The molecule has 0 saturated carbocycles. The SMILES string of the molecule is NO.O=C(O)[C@H]1CCCCN1S(=O)(=O)Cc1ccc2ccccc2c1. The molecule has 136 valence electrons. The molecule has 1 saturated heterocycles. The van der Waals surface area contributed by atoms with Crippen molar-refractivity contribution >= 4 is 26.8 Å². The molecule has 2 aromatic rings. The van der Waals surface area contributed by atoms with Crippen LogP contribution in [0.5, 0.6) is 0 Å². The summed E-state index contributed by atoms with van der Waals surface area (Å²) in [6.45, 7) is 0.285. The summed E-state index contributed by atoms with van der Waals surface area (Å²) in [5, 5.41) is 17.8. The molecule has 7 nitrogen and oxygen atoms in total. The molecule has 0 spiro atoms. The van der Waals surface area contributed by atoms with Crippen molar-refractivity contribution in [1.82, 2.24) is 4.31 Å². The van der Waals surface area contributed by atoms with E-state index in [2.05, 4.69) is 5.90 Å². The second-order valence-corrected chi connectivity index (χ2v) is 7.82. The van der Waals surface area contributed by atoms with Gasteiger partial charge in [0.2, 0.25) is 10.0 Å². The number of fused-ring (bicyclic) bond motifs is 1. The number of hydrogen-bond donors (Lipinski definition) is 3. The maximum Gasteiger partial charge on any atom is 0.322 e. The topological polar surface area (TPSA) is 121 Å². The monoisotopic (exact) mass is 366 g/mol. The zero-order chi connectivity index (χ0) is 18.4. The van der Waals surface area contributed by atoms with Crippen molar-refractivity contribution < 1.29 is 23.5 Å². The Morgan fingerprint density at radius 1 is 1.12 bits per heavy atom. The summed E-state index contributed by atoms with van der Waals surface area (Å²) >= 11 is 0. The van der Waals surface area contributed by atoms with Crippen LogP contribution in [0.3, 0.4) is 0 Å². The number of hydrogen-bond acceptors (Lipinski definition) is 5. The number of rotatable bonds is 4. The van der Waals surface area contributed by atoms with Gasteiger partial charge in [0.05, 0.1) is 5.75 Å². The molecule has 0 bridgehead atoms. The highest BCUT2D eigenvalue weighted by atomic mass is 32.2. The van der Waals surface area contributed by atoms with Crippen LogP contribution in [0.4, 0.5) is 0 Å². The molecule has 8 heteroatoms. The molecule has 25 heavy (non-hydrogen) atoms. The number of aliphatic carboxylic acids is 1. The lowest BCUT2D eigenvalue weighted by atomic mass is 10.1. The molecular formula is C17H22N2O5S. The fourth-order valence-corrected chi connectivity index (χ4v) is 4.86. The number of nitrogens with two attached hydrogens (primary N) is 1. The first-order chi connectivity index (χ1) is 12.0. The van der Waals surface area contributed by atoms with Gasteiger partial charge in [0.15, 0.2) is 0 Å². The number of nitrogens with zero attached hydrogens (tertiary/aromatic N) is 1. The van der Waals surface area contributed by atoms with E-state index in [0.717, 1.165) is 21.5 Å². The lowest BCUT2D eigenvalue weighted by Crippen LogP contribution is -2.48. The zero-order valence-corrected chi connectivity index (χ0v) is 14.5.